The monoisotopic (exact) mass is 291 g/mol. The van der Waals surface area contributed by atoms with Crippen molar-refractivity contribution in [1.82, 2.24) is 0 Å². The van der Waals surface area contributed by atoms with Crippen LogP contribution in [0.3, 0.4) is 0 Å². The number of benzene rings is 1. The molecule has 0 unspecified atom stereocenters. The van der Waals surface area contributed by atoms with Gasteiger partial charge in [0.15, 0.2) is 0 Å². The number of halogens is 1. The first-order chi connectivity index (χ1) is 8.00. The zero-order valence-electron chi connectivity index (χ0n) is 8.96. The average Bonchev–Trinajstić information content (AvgIpc) is 2.25. The predicted molar refractivity (Wildman–Crippen MR) is 71.5 cm³/mol. The number of nitrogens with zero attached hydrogens (tertiary/aromatic N) is 1. The minimum Gasteiger partial charge on any atom is -0.281 e. The Kier molecular flexibility index (Phi) is 5.80. The first kappa shape index (κ1) is 14.3. The van der Waals surface area contributed by atoms with Crippen molar-refractivity contribution in [2.75, 3.05) is 0 Å². The molecule has 1 aromatic carbocycles. The van der Waals surface area contributed by atoms with E-state index in [1.807, 2.05) is 6.92 Å². The summed E-state index contributed by atoms with van der Waals surface area (Å²) in [6.07, 6.45) is 0.250. The summed E-state index contributed by atoms with van der Waals surface area (Å²) in [4.78, 5) is 21.6. The van der Waals surface area contributed by atoms with Crippen molar-refractivity contribution in [3.8, 4) is 0 Å². The maximum atomic E-state index is 10.8. The van der Waals surface area contributed by atoms with Crippen LogP contribution in [0.2, 0.25) is 0 Å². The van der Waals surface area contributed by atoms with Crippen LogP contribution in [0, 0.1) is 10.1 Å². The van der Waals surface area contributed by atoms with Gasteiger partial charge in [0.25, 0.3) is 5.69 Å². The summed E-state index contributed by atoms with van der Waals surface area (Å²) in [6, 6.07) is 6.51. The largest absolute Gasteiger partial charge is 0.283 e. The SMILES string of the molecule is C[C@H](CC(=O)Cl)SSc1ccccc1[N+](=O)[O-]. The smallest absolute Gasteiger partial charge is 0.281 e. The fraction of sp³-hybridized carbons (Fsp3) is 0.300. The molecule has 92 valence electrons. The van der Waals surface area contributed by atoms with Gasteiger partial charge in [-0.2, -0.15) is 0 Å². The van der Waals surface area contributed by atoms with Gasteiger partial charge in [-0.05, 0) is 17.7 Å². The molecule has 0 aliphatic carbocycles. The van der Waals surface area contributed by atoms with Gasteiger partial charge in [0.2, 0.25) is 5.24 Å². The Morgan fingerprint density at radius 1 is 1.53 bits per heavy atom. The molecule has 0 bridgehead atoms. The van der Waals surface area contributed by atoms with Crippen LogP contribution < -0.4 is 0 Å². The molecule has 0 aliphatic rings. The number of hydrogen-bond donors (Lipinski definition) is 0. The van der Waals surface area contributed by atoms with Crippen LogP contribution in [0.5, 0.6) is 0 Å². The number of carbonyl (C=O) groups excluding carboxylic acids is 1. The summed E-state index contributed by atoms with van der Waals surface area (Å²) in [5, 5.41) is 10.4. The lowest BCUT2D eigenvalue weighted by molar-refractivity contribution is -0.387. The van der Waals surface area contributed by atoms with Gasteiger partial charge in [0.05, 0.1) is 9.82 Å². The lowest BCUT2D eigenvalue weighted by Crippen LogP contribution is -1.99. The van der Waals surface area contributed by atoms with Crippen LogP contribution in [0.4, 0.5) is 5.69 Å². The summed E-state index contributed by atoms with van der Waals surface area (Å²) < 4.78 is 0. The molecule has 0 saturated heterocycles. The number of nitro benzene ring substituents is 1. The van der Waals surface area contributed by atoms with Crippen molar-refractivity contribution in [3.63, 3.8) is 0 Å². The van der Waals surface area contributed by atoms with Gasteiger partial charge in [-0.1, -0.05) is 40.6 Å². The first-order valence-corrected chi connectivity index (χ1v) is 7.35. The Hall–Kier alpha value is -0.720. The lowest BCUT2D eigenvalue weighted by atomic mass is 10.3. The number of rotatable bonds is 6. The molecule has 0 amide bonds. The number of carbonyl (C=O) groups is 1. The molecule has 0 spiro atoms. The third kappa shape index (κ3) is 4.97. The van der Waals surface area contributed by atoms with Gasteiger partial charge >= 0.3 is 0 Å². The van der Waals surface area contributed by atoms with Gasteiger partial charge in [-0.25, -0.2) is 0 Å². The second-order valence-electron chi connectivity index (χ2n) is 3.27. The Morgan fingerprint density at radius 2 is 2.18 bits per heavy atom. The van der Waals surface area contributed by atoms with Crippen molar-refractivity contribution >= 4 is 44.1 Å². The van der Waals surface area contributed by atoms with E-state index in [0.717, 1.165) is 0 Å². The van der Waals surface area contributed by atoms with Crippen molar-refractivity contribution in [1.29, 1.82) is 0 Å². The summed E-state index contributed by atoms with van der Waals surface area (Å²) in [6.45, 7) is 1.85. The standard InChI is InChI=1S/C10H10ClNO3S2/c1-7(6-10(11)13)16-17-9-5-3-2-4-8(9)12(14)15/h2-5,7H,6H2,1H3/t7-/m1/s1. The van der Waals surface area contributed by atoms with E-state index in [0.29, 0.717) is 4.90 Å². The van der Waals surface area contributed by atoms with E-state index in [4.69, 9.17) is 11.6 Å². The molecular formula is C10H10ClNO3S2. The van der Waals surface area contributed by atoms with E-state index >= 15 is 0 Å². The number of hydrogen-bond acceptors (Lipinski definition) is 5. The van der Waals surface area contributed by atoms with E-state index in [-0.39, 0.29) is 17.4 Å². The van der Waals surface area contributed by atoms with Crippen LogP contribution in [-0.2, 0) is 4.79 Å². The maximum Gasteiger partial charge on any atom is 0.283 e. The Labute approximate surface area is 112 Å². The lowest BCUT2D eigenvalue weighted by Gasteiger charge is -2.07. The second kappa shape index (κ2) is 6.88. The summed E-state index contributed by atoms with van der Waals surface area (Å²) in [5.41, 5.74) is 0.0781. The van der Waals surface area contributed by atoms with Crippen molar-refractivity contribution in [3.05, 3.63) is 34.4 Å². The zero-order chi connectivity index (χ0) is 12.8. The highest BCUT2D eigenvalue weighted by atomic mass is 35.5. The molecule has 0 aliphatic heterocycles. The molecule has 7 heteroatoms. The van der Waals surface area contributed by atoms with E-state index < -0.39 is 10.2 Å². The molecule has 4 nitrogen and oxygen atoms in total. The Bertz CT molecular complexity index is 428. The van der Waals surface area contributed by atoms with Crippen LogP contribution in [0.15, 0.2) is 29.2 Å². The molecule has 0 aromatic heterocycles. The maximum absolute atomic E-state index is 10.8. The molecule has 0 saturated carbocycles. The van der Waals surface area contributed by atoms with E-state index in [1.54, 1.807) is 18.2 Å². The van der Waals surface area contributed by atoms with Gasteiger partial charge < -0.3 is 0 Å². The van der Waals surface area contributed by atoms with Crippen molar-refractivity contribution < 1.29 is 9.72 Å². The number of nitro groups is 1. The molecule has 0 fully saturated rings. The highest BCUT2D eigenvalue weighted by Gasteiger charge is 2.15. The minimum absolute atomic E-state index is 0.0183. The van der Waals surface area contributed by atoms with E-state index in [9.17, 15) is 14.9 Å². The molecule has 0 radical (unpaired) electrons. The molecule has 0 heterocycles. The highest BCUT2D eigenvalue weighted by molar-refractivity contribution is 8.77. The third-order valence-corrected chi connectivity index (χ3v) is 4.90. The predicted octanol–water partition coefficient (Wildman–Crippen LogP) is 3.88. The molecule has 1 aromatic rings. The van der Waals surface area contributed by atoms with Crippen molar-refractivity contribution in [2.45, 2.75) is 23.5 Å². The molecule has 1 rings (SSSR count). The van der Waals surface area contributed by atoms with E-state index in [1.165, 1.54) is 27.7 Å². The van der Waals surface area contributed by atoms with Gasteiger partial charge in [-0.3, -0.25) is 14.9 Å². The summed E-state index contributed by atoms with van der Waals surface area (Å²) in [5.74, 6) is 0. The van der Waals surface area contributed by atoms with Crippen LogP contribution in [0.1, 0.15) is 13.3 Å². The molecular weight excluding hydrogens is 282 g/mol. The average molecular weight is 292 g/mol. The Morgan fingerprint density at radius 3 is 2.76 bits per heavy atom. The van der Waals surface area contributed by atoms with Crippen molar-refractivity contribution in [2.24, 2.45) is 0 Å². The number of para-hydroxylation sites is 1. The molecule has 0 N–H and O–H groups in total. The van der Waals surface area contributed by atoms with Crippen LogP contribution in [0.25, 0.3) is 0 Å². The Balaban J connectivity index is 2.63. The normalized spacial score (nSPS) is 12.1. The topological polar surface area (TPSA) is 60.2 Å². The fourth-order valence-electron chi connectivity index (χ4n) is 1.07. The van der Waals surface area contributed by atoms with Gasteiger partial charge in [0.1, 0.15) is 0 Å². The zero-order valence-corrected chi connectivity index (χ0v) is 11.3. The quantitative estimate of drug-likeness (QED) is 0.344. The van der Waals surface area contributed by atoms with E-state index in [2.05, 4.69) is 0 Å². The third-order valence-electron chi connectivity index (χ3n) is 1.81. The minimum atomic E-state index is -0.416. The highest BCUT2D eigenvalue weighted by Crippen LogP contribution is 2.40. The van der Waals surface area contributed by atoms with Crippen LogP contribution >= 0.6 is 33.2 Å². The second-order valence-corrected chi connectivity index (χ2v) is 6.38. The molecule has 17 heavy (non-hydrogen) atoms. The first-order valence-electron chi connectivity index (χ1n) is 4.75. The summed E-state index contributed by atoms with van der Waals surface area (Å²) >= 11 is 5.27. The fourth-order valence-corrected chi connectivity index (χ4v) is 3.68. The summed E-state index contributed by atoms with van der Waals surface area (Å²) in [7, 11) is 2.69. The van der Waals surface area contributed by atoms with Gasteiger partial charge in [-0.15, -0.1) is 0 Å². The van der Waals surface area contributed by atoms with Crippen LogP contribution in [-0.4, -0.2) is 15.4 Å². The van der Waals surface area contributed by atoms with Gasteiger partial charge in [0, 0.05) is 17.7 Å². The molecule has 1 atom stereocenters.